The summed E-state index contributed by atoms with van der Waals surface area (Å²) in [6, 6.07) is 13.1. The number of nitrogens with zero attached hydrogens (tertiary/aromatic N) is 2. The van der Waals surface area contributed by atoms with E-state index in [9.17, 15) is 5.11 Å². The van der Waals surface area contributed by atoms with E-state index >= 15 is 0 Å². The van der Waals surface area contributed by atoms with Gasteiger partial charge >= 0.3 is 0 Å². The number of aryl methyl sites for hydroxylation is 2. The van der Waals surface area contributed by atoms with Crippen LogP contribution in [0.4, 0.5) is 0 Å². The fourth-order valence-corrected chi connectivity index (χ4v) is 3.53. The molecule has 0 unspecified atom stereocenters. The summed E-state index contributed by atoms with van der Waals surface area (Å²) in [5.74, 6) is 1.98. The fraction of sp³-hybridized carbons (Fsp3) is 0.500. The maximum atomic E-state index is 9.46. The highest BCUT2D eigenvalue weighted by atomic mass is 16.3. The van der Waals surface area contributed by atoms with Gasteiger partial charge in [0.2, 0.25) is 0 Å². The van der Waals surface area contributed by atoms with Crippen LogP contribution >= 0.6 is 0 Å². The topological polar surface area (TPSA) is 39.9 Å². The van der Waals surface area contributed by atoms with Crippen LogP contribution in [0.5, 0.6) is 0 Å². The largest absolute Gasteiger partial charge is 0.465 e. The Morgan fingerprint density at radius 1 is 1.08 bits per heavy atom. The van der Waals surface area contributed by atoms with Gasteiger partial charge in [-0.2, -0.15) is 0 Å². The van der Waals surface area contributed by atoms with Crippen molar-refractivity contribution in [3.05, 3.63) is 59.0 Å². The summed E-state index contributed by atoms with van der Waals surface area (Å²) in [6.07, 6.45) is 0.809. The molecule has 0 saturated carbocycles. The molecular weight excluding hydrogens is 300 g/mol. The van der Waals surface area contributed by atoms with E-state index < -0.39 is 0 Å². The van der Waals surface area contributed by atoms with Gasteiger partial charge in [-0.25, -0.2) is 0 Å². The summed E-state index contributed by atoms with van der Waals surface area (Å²) >= 11 is 0. The SMILES string of the molecule is Cc1ccc(CN2CCN(Cc3ccccc3C)C[C@H]2CCO)o1. The highest BCUT2D eigenvalue weighted by molar-refractivity contribution is 5.25. The van der Waals surface area contributed by atoms with Crippen LogP contribution < -0.4 is 0 Å². The number of benzene rings is 1. The summed E-state index contributed by atoms with van der Waals surface area (Å²) in [5, 5.41) is 9.46. The third-order valence-corrected chi connectivity index (χ3v) is 4.96. The Bertz CT molecular complexity index is 653. The van der Waals surface area contributed by atoms with Gasteiger partial charge in [0, 0.05) is 38.8 Å². The molecule has 1 fully saturated rings. The predicted molar refractivity (Wildman–Crippen MR) is 95.8 cm³/mol. The maximum absolute atomic E-state index is 9.46. The van der Waals surface area contributed by atoms with Crippen LogP contribution in [0.25, 0.3) is 0 Å². The number of hydrogen-bond acceptors (Lipinski definition) is 4. The van der Waals surface area contributed by atoms with E-state index in [2.05, 4.69) is 47.1 Å². The lowest BCUT2D eigenvalue weighted by Crippen LogP contribution is -2.52. The summed E-state index contributed by atoms with van der Waals surface area (Å²) in [5.41, 5.74) is 2.75. The minimum atomic E-state index is 0.233. The first-order valence-electron chi connectivity index (χ1n) is 8.83. The second kappa shape index (κ2) is 7.97. The lowest BCUT2D eigenvalue weighted by molar-refractivity contribution is 0.0453. The summed E-state index contributed by atoms with van der Waals surface area (Å²) in [4.78, 5) is 4.95. The fourth-order valence-electron chi connectivity index (χ4n) is 3.53. The van der Waals surface area contributed by atoms with Crippen molar-refractivity contribution in [3.63, 3.8) is 0 Å². The molecule has 3 rings (SSSR count). The van der Waals surface area contributed by atoms with Crippen LogP contribution in [0, 0.1) is 13.8 Å². The molecule has 4 nitrogen and oxygen atoms in total. The van der Waals surface area contributed by atoms with Crippen LogP contribution in [-0.4, -0.2) is 47.2 Å². The first-order chi connectivity index (χ1) is 11.7. The second-order valence-electron chi connectivity index (χ2n) is 6.81. The Hall–Kier alpha value is -1.62. The number of aliphatic hydroxyl groups is 1. The van der Waals surface area contributed by atoms with Crippen molar-refractivity contribution in [2.75, 3.05) is 26.2 Å². The molecule has 0 radical (unpaired) electrons. The number of aliphatic hydroxyl groups excluding tert-OH is 1. The zero-order valence-electron chi connectivity index (χ0n) is 14.7. The van der Waals surface area contributed by atoms with Crippen LogP contribution in [0.2, 0.25) is 0 Å². The molecule has 1 aromatic carbocycles. The third kappa shape index (κ3) is 4.26. The van der Waals surface area contributed by atoms with Crippen LogP contribution in [0.3, 0.4) is 0 Å². The number of rotatable bonds is 6. The van der Waals surface area contributed by atoms with Crippen molar-refractivity contribution in [2.24, 2.45) is 0 Å². The second-order valence-corrected chi connectivity index (χ2v) is 6.81. The smallest absolute Gasteiger partial charge is 0.118 e. The van der Waals surface area contributed by atoms with Crippen molar-refractivity contribution in [2.45, 2.75) is 39.4 Å². The lowest BCUT2D eigenvalue weighted by Gasteiger charge is -2.41. The molecule has 0 spiro atoms. The quantitative estimate of drug-likeness (QED) is 0.885. The standard InChI is InChI=1S/C20H28N2O2/c1-16-5-3-4-6-18(16)13-21-10-11-22(19(14-21)9-12-23)15-20-8-7-17(2)24-20/h3-8,19,23H,9-15H2,1-2H3/t19-/m1/s1. The van der Waals surface area contributed by atoms with E-state index in [0.29, 0.717) is 6.04 Å². The Morgan fingerprint density at radius 3 is 2.62 bits per heavy atom. The van der Waals surface area contributed by atoms with Crippen LogP contribution in [0.1, 0.15) is 29.1 Å². The van der Waals surface area contributed by atoms with Gasteiger partial charge in [-0.1, -0.05) is 24.3 Å². The number of hydrogen-bond donors (Lipinski definition) is 1. The lowest BCUT2D eigenvalue weighted by atomic mass is 10.1. The molecule has 4 heteroatoms. The van der Waals surface area contributed by atoms with Crippen molar-refractivity contribution >= 4 is 0 Å². The summed E-state index contributed by atoms with van der Waals surface area (Å²) in [7, 11) is 0. The van der Waals surface area contributed by atoms with Gasteiger partial charge in [-0.15, -0.1) is 0 Å². The van der Waals surface area contributed by atoms with Crippen molar-refractivity contribution in [1.82, 2.24) is 9.80 Å². The molecule has 130 valence electrons. The Kier molecular flexibility index (Phi) is 5.72. The molecule has 1 saturated heterocycles. The van der Waals surface area contributed by atoms with Crippen molar-refractivity contribution < 1.29 is 9.52 Å². The molecule has 1 atom stereocenters. The molecule has 2 heterocycles. The Morgan fingerprint density at radius 2 is 1.92 bits per heavy atom. The molecular formula is C20H28N2O2. The molecule has 1 aliphatic rings. The van der Waals surface area contributed by atoms with Crippen LogP contribution in [-0.2, 0) is 13.1 Å². The van der Waals surface area contributed by atoms with E-state index in [4.69, 9.17) is 4.42 Å². The molecule has 0 amide bonds. The van der Waals surface area contributed by atoms with Gasteiger partial charge in [0.25, 0.3) is 0 Å². The Labute approximate surface area is 144 Å². The number of piperazine rings is 1. The van der Waals surface area contributed by atoms with Gasteiger partial charge in [0.15, 0.2) is 0 Å². The average molecular weight is 328 g/mol. The van der Waals surface area contributed by atoms with Gasteiger partial charge in [0.05, 0.1) is 6.54 Å². The van der Waals surface area contributed by atoms with E-state index in [0.717, 1.165) is 50.7 Å². The van der Waals surface area contributed by atoms with E-state index in [1.807, 2.05) is 13.0 Å². The van der Waals surface area contributed by atoms with E-state index in [1.165, 1.54) is 11.1 Å². The van der Waals surface area contributed by atoms with E-state index in [-0.39, 0.29) is 6.61 Å². The molecule has 0 aliphatic carbocycles. The monoisotopic (exact) mass is 328 g/mol. The highest BCUT2D eigenvalue weighted by Crippen LogP contribution is 2.20. The average Bonchev–Trinajstić information content (AvgIpc) is 2.97. The van der Waals surface area contributed by atoms with E-state index in [1.54, 1.807) is 0 Å². The normalized spacial score (nSPS) is 19.7. The highest BCUT2D eigenvalue weighted by Gasteiger charge is 2.27. The van der Waals surface area contributed by atoms with Gasteiger partial charge < -0.3 is 9.52 Å². The molecule has 2 aromatic rings. The molecule has 1 aromatic heterocycles. The van der Waals surface area contributed by atoms with Crippen molar-refractivity contribution in [1.29, 1.82) is 0 Å². The van der Waals surface area contributed by atoms with Crippen molar-refractivity contribution in [3.8, 4) is 0 Å². The molecule has 0 bridgehead atoms. The minimum absolute atomic E-state index is 0.233. The Balaban J connectivity index is 1.63. The number of furan rings is 1. The molecule has 24 heavy (non-hydrogen) atoms. The maximum Gasteiger partial charge on any atom is 0.118 e. The third-order valence-electron chi connectivity index (χ3n) is 4.96. The van der Waals surface area contributed by atoms with Gasteiger partial charge in [-0.05, 0) is 43.5 Å². The molecule has 1 N–H and O–H groups in total. The zero-order chi connectivity index (χ0) is 16.9. The van der Waals surface area contributed by atoms with Crippen LogP contribution in [0.15, 0.2) is 40.8 Å². The van der Waals surface area contributed by atoms with Gasteiger partial charge in [0.1, 0.15) is 11.5 Å². The summed E-state index contributed by atoms with van der Waals surface area (Å²) in [6.45, 7) is 9.27. The zero-order valence-corrected chi connectivity index (χ0v) is 14.7. The molecule has 1 aliphatic heterocycles. The first-order valence-corrected chi connectivity index (χ1v) is 8.83. The minimum Gasteiger partial charge on any atom is -0.465 e. The van der Waals surface area contributed by atoms with Gasteiger partial charge in [-0.3, -0.25) is 9.80 Å². The first kappa shape index (κ1) is 17.2. The summed E-state index contributed by atoms with van der Waals surface area (Å²) < 4.78 is 5.73. The predicted octanol–water partition coefficient (Wildman–Crippen LogP) is 2.97.